The number of imide groups is 1. The molecule has 1 heterocycles. The second-order valence-corrected chi connectivity index (χ2v) is 6.85. The Labute approximate surface area is 146 Å². The Hall–Kier alpha value is -1.89. The monoisotopic (exact) mass is 352 g/mol. The zero-order chi connectivity index (χ0) is 17.5. The normalized spacial score (nSPS) is 13.1. The maximum absolute atomic E-state index is 12.5. The number of amides is 3. The molecule has 1 aliphatic carbocycles. The zero-order valence-electron chi connectivity index (χ0n) is 14.2. The lowest BCUT2D eigenvalue weighted by Crippen LogP contribution is -2.32. The van der Waals surface area contributed by atoms with E-state index in [1.807, 2.05) is 6.92 Å². The van der Waals surface area contributed by atoms with Gasteiger partial charge in [0.25, 0.3) is 5.91 Å². The molecule has 2 rings (SSSR count). The minimum atomic E-state index is -0.762. The van der Waals surface area contributed by atoms with Crippen molar-refractivity contribution in [2.24, 2.45) is 0 Å². The van der Waals surface area contributed by atoms with Crippen LogP contribution in [0.3, 0.4) is 0 Å². The molecular formula is C17H24N2O4S. The van der Waals surface area contributed by atoms with Crippen LogP contribution in [-0.4, -0.2) is 24.5 Å². The van der Waals surface area contributed by atoms with Gasteiger partial charge in [-0.25, -0.2) is 4.79 Å². The van der Waals surface area contributed by atoms with Crippen molar-refractivity contribution in [1.82, 2.24) is 5.32 Å². The van der Waals surface area contributed by atoms with Crippen molar-refractivity contribution in [2.45, 2.75) is 58.8 Å². The maximum Gasteiger partial charge on any atom is 0.414 e. The SMILES string of the molecule is CCCCC(=O)Nc1sc2c(c1C(=O)NC(=O)OCC)CCCC2. The van der Waals surface area contributed by atoms with Gasteiger partial charge < -0.3 is 10.1 Å². The number of thiophene rings is 1. The summed E-state index contributed by atoms with van der Waals surface area (Å²) in [5.41, 5.74) is 1.38. The summed E-state index contributed by atoms with van der Waals surface area (Å²) < 4.78 is 4.77. The summed E-state index contributed by atoms with van der Waals surface area (Å²) in [6, 6.07) is 0. The lowest BCUT2D eigenvalue weighted by molar-refractivity contribution is -0.116. The molecule has 132 valence electrons. The van der Waals surface area contributed by atoms with E-state index < -0.39 is 12.0 Å². The van der Waals surface area contributed by atoms with Crippen LogP contribution in [0.15, 0.2) is 0 Å². The second kappa shape index (κ2) is 8.82. The van der Waals surface area contributed by atoms with Crippen LogP contribution in [0.1, 0.15) is 66.8 Å². The van der Waals surface area contributed by atoms with Gasteiger partial charge in [-0.2, -0.15) is 0 Å². The maximum atomic E-state index is 12.5. The van der Waals surface area contributed by atoms with Crippen molar-refractivity contribution in [2.75, 3.05) is 11.9 Å². The fourth-order valence-electron chi connectivity index (χ4n) is 2.74. The number of alkyl carbamates (subject to hydrolysis) is 1. The Morgan fingerprint density at radius 1 is 1.17 bits per heavy atom. The average Bonchev–Trinajstić information content (AvgIpc) is 2.90. The highest BCUT2D eigenvalue weighted by Crippen LogP contribution is 2.38. The molecule has 0 spiro atoms. The van der Waals surface area contributed by atoms with Crippen LogP contribution >= 0.6 is 11.3 Å². The summed E-state index contributed by atoms with van der Waals surface area (Å²) in [6.45, 7) is 3.90. The molecule has 0 radical (unpaired) electrons. The average molecular weight is 352 g/mol. The second-order valence-electron chi connectivity index (χ2n) is 5.74. The van der Waals surface area contributed by atoms with E-state index in [2.05, 4.69) is 10.6 Å². The molecule has 0 aliphatic heterocycles. The molecule has 1 aromatic heterocycles. The Bertz CT molecular complexity index is 624. The number of carbonyl (C=O) groups is 3. The van der Waals surface area contributed by atoms with Crippen LogP contribution < -0.4 is 10.6 Å². The van der Waals surface area contributed by atoms with Crippen LogP contribution in [0, 0.1) is 0 Å². The first-order valence-corrected chi connectivity index (χ1v) is 9.30. The van der Waals surface area contributed by atoms with Crippen molar-refractivity contribution in [3.8, 4) is 0 Å². The quantitative estimate of drug-likeness (QED) is 0.818. The third-order valence-electron chi connectivity index (χ3n) is 3.90. The highest BCUT2D eigenvalue weighted by Gasteiger charge is 2.27. The highest BCUT2D eigenvalue weighted by atomic mass is 32.1. The van der Waals surface area contributed by atoms with E-state index in [0.717, 1.165) is 49.0 Å². The van der Waals surface area contributed by atoms with Gasteiger partial charge in [-0.3, -0.25) is 14.9 Å². The minimum Gasteiger partial charge on any atom is -0.450 e. The Morgan fingerprint density at radius 2 is 1.92 bits per heavy atom. The van der Waals surface area contributed by atoms with Gasteiger partial charge in [-0.1, -0.05) is 13.3 Å². The Balaban J connectivity index is 2.23. The van der Waals surface area contributed by atoms with Crippen LogP contribution in [0.5, 0.6) is 0 Å². The van der Waals surface area contributed by atoms with Crippen LogP contribution in [0.25, 0.3) is 0 Å². The lowest BCUT2D eigenvalue weighted by Gasteiger charge is -2.12. The number of unbranched alkanes of at least 4 members (excludes halogenated alkanes) is 1. The number of carbonyl (C=O) groups excluding carboxylic acids is 3. The van der Waals surface area contributed by atoms with E-state index in [1.54, 1.807) is 6.92 Å². The third-order valence-corrected chi connectivity index (χ3v) is 5.11. The fraction of sp³-hybridized carbons (Fsp3) is 0.588. The summed E-state index contributed by atoms with van der Waals surface area (Å²) >= 11 is 1.45. The van der Waals surface area contributed by atoms with E-state index >= 15 is 0 Å². The first-order valence-electron chi connectivity index (χ1n) is 8.49. The number of fused-ring (bicyclic) bond motifs is 1. The van der Waals surface area contributed by atoms with Gasteiger partial charge in [0.1, 0.15) is 5.00 Å². The predicted molar refractivity (Wildman–Crippen MR) is 93.6 cm³/mol. The lowest BCUT2D eigenvalue weighted by atomic mass is 9.95. The molecule has 0 unspecified atom stereocenters. The van der Waals surface area contributed by atoms with Gasteiger partial charge in [0.2, 0.25) is 5.91 Å². The van der Waals surface area contributed by atoms with E-state index in [0.29, 0.717) is 17.0 Å². The van der Waals surface area contributed by atoms with E-state index in [9.17, 15) is 14.4 Å². The van der Waals surface area contributed by atoms with Crippen molar-refractivity contribution in [3.05, 3.63) is 16.0 Å². The largest absolute Gasteiger partial charge is 0.450 e. The number of nitrogens with one attached hydrogen (secondary N) is 2. The van der Waals surface area contributed by atoms with Crippen LogP contribution in [0.4, 0.5) is 9.80 Å². The summed E-state index contributed by atoms with van der Waals surface area (Å²) in [5, 5.41) is 5.65. The molecule has 1 aliphatic rings. The predicted octanol–water partition coefficient (Wildman–Crippen LogP) is 3.64. The summed E-state index contributed by atoms with van der Waals surface area (Å²) in [4.78, 5) is 37.3. The van der Waals surface area contributed by atoms with Crippen molar-refractivity contribution >= 4 is 34.2 Å². The number of anilines is 1. The standard InChI is InChI=1S/C17H24N2O4S/c1-3-5-10-13(20)18-16-14(15(21)19-17(22)23-4-2)11-8-6-7-9-12(11)24-16/h3-10H2,1-2H3,(H,18,20)(H,19,21,22). The molecule has 0 atom stereocenters. The minimum absolute atomic E-state index is 0.0966. The molecule has 0 aromatic carbocycles. The van der Waals surface area contributed by atoms with E-state index in [-0.39, 0.29) is 12.5 Å². The number of ether oxygens (including phenoxy) is 1. The van der Waals surface area contributed by atoms with Gasteiger partial charge >= 0.3 is 6.09 Å². The molecule has 0 bridgehead atoms. The first-order chi connectivity index (χ1) is 11.6. The van der Waals surface area contributed by atoms with Gasteiger partial charge in [0.05, 0.1) is 12.2 Å². The number of rotatable bonds is 6. The molecule has 2 N–H and O–H groups in total. The first kappa shape index (κ1) is 18.4. The zero-order valence-corrected chi connectivity index (χ0v) is 15.0. The number of aryl methyl sites for hydroxylation is 1. The molecule has 24 heavy (non-hydrogen) atoms. The van der Waals surface area contributed by atoms with Crippen molar-refractivity contribution in [3.63, 3.8) is 0 Å². The summed E-state index contributed by atoms with van der Waals surface area (Å²) in [5.74, 6) is -0.598. The Kier molecular flexibility index (Phi) is 6.78. The number of hydrogen-bond donors (Lipinski definition) is 2. The Morgan fingerprint density at radius 3 is 2.62 bits per heavy atom. The highest BCUT2D eigenvalue weighted by molar-refractivity contribution is 7.17. The topological polar surface area (TPSA) is 84.5 Å². The molecule has 0 fully saturated rings. The van der Waals surface area contributed by atoms with E-state index in [1.165, 1.54) is 11.3 Å². The smallest absolute Gasteiger partial charge is 0.414 e. The molecule has 0 saturated heterocycles. The van der Waals surface area contributed by atoms with Gasteiger partial charge in [0.15, 0.2) is 0 Å². The van der Waals surface area contributed by atoms with Gasteiger partial charge in [-0.05, 0) is 44.6 Å². The third kappa shape index (κ3) is 4.56. The van der Waals surface area contributed by atoms with E-state index in [4.69, 9.17) is 4.74 Å². The van der Waals surface area contributed by atoms with Crippen LogP contribution in [0.2, 0.25) is 0 Å². The number of hydrogen-bond acceptors (Lipinski definition) is 5. The molecule has 7 heteroatoms. The van der Waals surface area contributed by atoms with Gasteiger partial charge in [0, 0.05) is 11.3 Å². The molecule has 0 saturated carbocycles. The van der Waals surface area contributed by atoms with Crippen LogP contribution in [-0.2, 0) is 22.4 Å². The molecule has 3 amide bonds. The van der Waals surface area contributed by atoms with Crippen molar-refractivity contribution < 1.29 is 19.1 Å². The molecular weight excluding hydrogens is 328 g/mol. The molecule has 6 nitrogen and oxygen atoms in total. The molecule has 1 aromatic rings. The van der Waals surface area contributed by atoms with Crippen molar-refractivity contribution in [1.29, 1.82) is 0 Å². The summed E-state index contributed by atoms with van der Waals surface area (Å²) in [6.07, 6.45) is 5.19. The fourth-order valence-corrected chi connectivity index (χ4v) is 4.05. The summed E-state index contributed by atoms with van der Waals surface area (Å²) in [7, 11) is 0. The van der Waals surface area contributed by atoms with Gasteiger partial charge in [-0.15, -0.1) is 11.3 Å².